The number of fused-ring (bicyclic) bond motifs is 1. The first-order valence-corrected chi connectivity index (χ1v) is 10.9. The third-order valence-electron chi connectivity index (χ3n) is 4.71. The summed E-state index contributed by atoms with van der Waals surface area (Å²) in [6, 6.07) is 12.8. The number of amides is 1. The maximum absolute atomic E-state index is 13.1. The molecule has 4 rings (SSSR count). The van der Waals surface area contributed by atoms with Gasteiger partial charge < -0.3 is 15.2 Å². The van der Waals surface area contributed by atoms with Gasteiger partial charge in [-0.1, -0.05) is 12.1 Å². The summed E-state index contributed by atoms with van der Waals surface area (Å²) in [6.07, 6.45) is 0.223. The summed E-state index contributed by atoms with van der Waals surface area (Å²) in [6.45, 7) is 0. The molecule has 144 valence electrons. The number of hydrogen-bond acceptors (Lipinski definition) is 6. The van der Waals surface area contributed by atoms with Gasteiger partial charge in [0.05, 0.1) is 17.7 Å². The molecule has 1 aliphatic heterocycles. The summed E-state index contributed by atoms with van der Waals surface area (Å²) >= 11 is 1.31. The van der Waals surface area contributed by atoms with E-state index in [1.54, 1.807) is 41.8 Å². The van der Waals surface area contributed by atoms with Gasteiger partial charge in [-0.25, -0.2) is 8.42 Å². The fraction of sp³-hybridized carbons (Fsp3) is 0.150. The summed E-state index contributed by atoms with van der Waals surface area (Å²) in [7, 11) is -2.29. The highest BCUT2D eigenvalue weighted by Crippen LogP contribution is 2.46. The highest BCUT2D eigenvalue weighted by Gasteiger charge is 2.34. The van der Waals surface area contributed by atoms with Crippen LogP contribution in [0.3, 0.4) is 0 Å². The summed E-state index contributed by atoms with van der Waals surface area (Å²) in [4.78, 5) is 13.3. The molecule has 1 aliphatic rings. The predicted octanol–water partition coefficient (Wildman–Crippen LogP) is 3.77. The van der Waals surface area contributed by atoms with Crippen LogP contribution in [0.25, 0.3) is 0 Å². The van der Waals surface area contributed by atoms with Crippen LogP contribution in [0.4, 0.5) is 5.69 Å². The molecule has 0 saturated heterocycles. The maximum atomic E-state index is 13.1. The first kappa shape index (κ1) is 18.5. The Kier molecular flexibility index (Phi) is 4.60. The molecular formula is C20H17NO5S2. The third-order valence-corrected chi connectivity index (χ3v) is 7.75. The Morgan fingerprint density at radius 2 is 1.79 bits per heavy atom. The molecule has 0 unspecified atom stereocenters. The maximum Gasteiger partial charge on any atom is 0.225 e. The number of phenolic OH excluding ortho intramolecular Hbond substituents is 1. The largest absolute Gasteiger partial charge is 0.508 e. The van der Waals surface area contributed by atoms with E-state index in [-0.39, 0.29) is 33.8 Å². The number of benzene rings is 2. The van der Waals surface area contributed by atoms with Crippen LogP contribution in [0.1, 0.15) is 22.8 Å². The van der Waals surface area contributed by atoms with Crippen LogP contribution in [-0.4, -0.2) is 26.5 Å². The van der Waals surface area contributed by atoms with Crippen LogP contribution < -0.4 is 10.1 Å². The van der Waals surface area contributed by atoms with Gasteiger partial charge in [0.25, 0.3) is 0 Å². The van der Waals surface area contributed by atoms with Gasteiger partial charge in [0.15, 0.2) is 0 Å². The second-order valence-electron chi connectivity index (χ2n) is 6.41. The van der Waals surface area contributed by atoms with Gasteiger partial charge in [0.1, 0.15) is 16.4 Å². The minimum atomic E-state index is -3.80. The molecule has 0 spiro atoms. The van der Waals surface area contributed by atoms with E-state index in [4.69, 9.17) is 4.74 Å². The number of thiophene rings is 1. The average Bonchev–Trinajstić information content (AvgIpc) is 3.12. The second-order valence-corrected chi connectivity index (χ2v) is 9.24. The molecule has 6 nitrogen and oxygen atoms in total. The minimum absolute atomic E-state index is 0.0921. The van der Waals surface area contributed by atoms with Crippen molar-refractivity contribution < 1.29 is 23.1 Å². The van der Waals surface area contributed by atoms with E-state index in [1.807, 2.05) is 0 Å². The molecule has 1 aromatic heterocycles. The number of phenols is 1. The van der Waals surface area contributed by atoms with Crippen LogP contribution >= 0.6 is 11.3 Å². The predicted molar refractivity (Wildman–Crippen MR) is 106 cm³/mol. The molecule has 2 aromatic carbocycles. The number of sulfone groups is 1. The molecule has 0 fully saturated rings. The van der Waals surface area contributed by atoms with Crippen molar-refractivity contribution in [1.82, 2.24) is 0 Å². The number of anilines is 1. The lowest BCUT2D eigenvalue weighted by Crippen LogP contribution is -2.23. The Morgan fingerprint density at radius 1 is 1.11 bits per heavy atom. The van der Waals surface area contributed by atoms with Crippen LogP contribution in [0.15, 0.2) is 63.7 Å². The molecule has 0 saturated carbocycles. The van der Waals surface area contributed by atoms with Crippen LogP contribution in [0, 0.1) is 0 Å². The number of rotatable bonds is 4. The SMILES string of the molecule is COc1ccc(S(=O)(=O)c2csc3c2NC(=O)C[C@@H]3c2ccc(O)cc2)cc1. The molecule has 0 aliphatic carbocycles. The number of carbonyl (C=O) groups excluding carboxylic acids is 1. The van der Waals surface area contributed by atoms with Crippen molar-refractivity contribution in [2.75, 3.05) is 12.4 Å². The van der Waals surface area contributed by atoms with Gasteiger partial charge in [-0.15, -0.1) is 11.3 Å². The van der Waals surface area contributed by atoms with E-state index in [9.17, 15) is 18.3 Å². The Morgan fingerprint density at radius 3 is 2.43 bits per heavy atom. The monoisotopic (exact) mass is 415 g/mol. The molecule has 28 heavy (non-hydrogen) atoms. The summed E-state index contributed by atoms with van der Waals surface area (Å²) in [5.74, 6) is 0.203. The van der Waals surface area contributed by atoms with Gasteiger partial charge in [-0.05, 0) is 42.0 Å². The van der Waals surface area contributed by atoms with E-state index in [2.05, 4.69) is 5.32 Å². The van der Waals surface area contributed by atoms with Crippen molar-refractivity contribution in [1.29, 1.82) is 0 Å². The highest BCUT2D eigenvalue weighted by molar-refractivity contribution is 7.91. The molecule has 0 radical (unpaired) electrons. The molecule has 2 N–H and O–H groups in total. The third kappa shape index (κ3) is 3.14. The lowest BCUT2D eigenvalue weighted by Gasteiger charge is -2.23. The van der Waals surface area contributed by atoms with E-state index >= 15 is 0 Å². The van der Waals surface area contributed by atoms with Crippen LogP contribution in [-0.2, 0) is 14.6 Å². The van der Waals surface area contributed by atoms with E-state index in [0.717, 1.165) is 10.4 Å². The summed E-state index contributed by atoms with van der Waals surface area (Å²) in [5.41, 5.74) is 1.19. The molecule has 2 heterocycles. The standard InChI is InChI=1S/C20H17NO5S2/c1-26-14-6-8-15(9-7-14)28(24,25)17-11-27-20-16(10-18(23)21-19(17)20)12-2-4-13(22)5-3-12/h2-9,11,16,22H,10H2,1H3,(H,21,23)/t16-/m1/s1. The summed E-state index contributed by atoms with van der Waals surface area (Å²) < 4.78 is 31.4. The van der Waals surface area contributed by atoms with Crippen molar-refractivity contribution >= 4 is 32.8 Å². The zero-order valence-electron chi connectivity index (χ0n) is 14.9. The smallest absolute Gasteiger partial charge is 0.225 e. The number of methoxy groups -OCH3 is 1. The van der Waals surface area contributed by atoms with E-state index in [0.29, 0.717) is 11.4 Å². The molecule has 3 aromatic rings. The van der Waals surface area contributed by atoms with Crippen LogP contribution in [0.2, 0.25) is 0 Å². The number of hydrogen-bond donors (Lipinski definition) is 2. The highest BCUT2D eigenvalue weighted by atomic mass is 32.2. The average molecular weight is 415 g/mol. The summed E-state index contributed by atoms with van der Waals surface area (Å²) in [5, 5.41) is 13.8. The Hall–Kier alpha value is -2.84. The molecular weight excluding hydrogens is 398 g/mol. The van der Waals surface area contributed by atoms with Crippen molar-refractivity contribution in [2.24, 2.45) is 0 Å². The molecule has 1 amide bonds. The lowest BCUT2D eigenvalue weighted by molar-refractivity contribution is -0.116. The first-order chi connectivity index (χ1) is 13.4. The van der Waals surface area contributed by atoms with Crippen molar-refractivity contribution in [2.45, 2.75) is 22.1 Å². The fourth-order valence-corrected chi connectivity index (χ4v) is 6.17. The number of aromatic hydroxyl groups is 1. The molecule has 1 atom stereocenters. The second kappa shape index (κ2) is 6.96. The number of ether oxygens (including phenoxy) is 1. The van der Waals surface area contributed by atoms with E-state index in [1.165, 1.54) is 30.6 Å². The minimum Gasteiger partial charge on any atom is -0.508 e. The van der Waals surface area contributed by atoms with Gasteiger partial charge in [0, 0.05) is 22.6 Å². The van der Waals surface area contributed by atoms with Crippen molar-refractivity contribution in [3.63, 3.8) is 0 Å². The van der Waals surface area contributed by atoms with Gasteiger partial charge in [0.2, 0.25) is 15.7 Å². The van der Waals surface area contributed by atoms with E-state index < -0.39 is 9.84 Å². The van der Waals surface area contributed by atoms with Gasteiger partial charge >= 0.3 is 0 Å². The molecule has 0 bridgehead atoms. The van der Waals surface area contributed by atoms with Crippen LogP contribution in [0.5, 0.6) is 11.5 Å². The fourth-order valence-electron chi connectivity index (χ4n) is 3.26. The molecule has 8 heteroatoms. The number of carbonyl (C=O) groups is 1. The first-order valence-electron chi connectivity index (χ1n) is 8.49. The van der Waals surface area contributed by atoms with Gasteiger partial charge in [-0.2, -0.15) is 0 Å². The zero-order valence-corrected chi connectivity index (χ0v) is 16.5. The normalized spacial score (nSPS) is 16.3. The van der Waals surface area contributed by atoms with Gasteiger partial charge in [-0.3, -0.25) is 4.79 Å². The van der Waals surface area contributed by atoms with Crippen molar-refractivity contribution in [3.05, 3.63) is 64.4 Å². The Balaban J connectivity index is 1.79. The topological polar surface area (TPSA) is 92.7 Å². The number of nitrogens with one attached hydrogen (secondary N) is 1. The van der Waals surface area contributed by atoms with Crippen molar-refractivity contribution in [3.8, 4) is 11.5 Å². The zero-order chi connectivity index (χ0) is 19.9. The Labute approximate surface area is 166 Å². The lowest BCUT2D eigenvalue weighted by atomic mass is 9.91. The quantitative estimate of drug-likeness (QED) is 0.677. The Bertz CT molecular complexity index is 1130.